The second-order valence-electron chi connectivity index (χ2n) is 6.33. The average Bonchev–Trinajstić information content (AvgIpc) is 2.42. The van der Waals surface area contributed by atoms with Crippen molar-refractivity contribution in [2.75, 3.05) is 0 Å². The lowest BCUT2D eigenvalue weighted by Crippen LogP contribution is -2.27. The van der Waals surface area contributed by atoms with Crippen molar-refractivity contribution in [3.63, 3.8) is 0 Å². The van der Waals surface area contributed by atoms with E-state index >= 15 is 0 Å². The summed E-state index contributed by atoms with van der Waals surface area (Å²) in [5.74, 6) is -0.0936. The van der Waals surface area contributed by atoms with E-state index < -0.39 is 0 Å². The maximum Gasteiger partial charge on any atom is 0.0789 e. The van der Waals surface area contributed by atoms with E-state index in [2.05, 4.69) is 38.1 Å². The SMILES string of the molecule is [B]C1c2cc(C)cc3c2-c2c(cc(C)cc2C1N)CC3. The van der Waals surface area contributed by atoms with Gasteiger partial charge >= 0.3 is 0 Å². The fraction of sp³-hybridized carbons (Fsp3) is 0.333. The number of rotatable bonds is 0. The van der Waals surface area contributed by atoms with Gasteiger partial charge in [-0.1, -0.05) is 35.4 Å². The molecule has 2 aromatic carbocycles. The molecule has 2 N–H and O–H groups in total. The highest BCUT2D eigenvalue weighted by atomic mass is 14.7. The summed E-state index contributed by atoms with van der Waals surface area (Å²) in [6, 6.07) is 8.98. The summed E-state index contributed by atoms with van der Waals surface area (Å²) in [5, 5.41) is 0. The van der Waals surface area contributed by atoms with Gasteiger partial charge in [-0.25, -0.2) is 0 Å². The molecule has 0 saturated carbocycles. The molecule has 0 fully saturated rings. The lowest BCUT2D eigenvalue weighted by atomic mass is 9.63. The van der Waals surface area contributed by atoms with E-state index in [4.69, 9.17) is 13.6 Å². The quantitative estimate of drug-likeness (QED) is 0.722. The summed E-state index contributed by atoms with van der Waals surface area (Å²) in [6.07, 6.45) is 2.23. The zero-order chi connectivity index (χ0) is 14.0. The molecule has 0 bridgehead atoms. The number of hydrogen-bond acceptors (Lipinski definition) is 1. The van der Waals surface area contributed by atoms with E-state index in [0.29, 0.717) is 0 Å². The fourth-order valence-electron chi connectivity index (χ4n) is 3.97. The first-order valence-corrected chi connectivity index (χ1v) is 7.34. The molecular weight excluding hydrogens is 241 g/mol. The van der Waals surface area contributed by atoms with Crippen LogP contribution in [-0.4, -0.2) is 7.85 Å². The number of aryl methyl sites for hydroxylation is 4. The van der Waals surface area contributed by atoms with Crippen LogP contribution in [0.5, 0.6) is 0 Å². The largest absolute Gasteiger partial charge is 0.324 e. The topological polar surface area (TPSA) is 26.0 Å². The minimum Gasteiger partial charge on any atom is -0.324 e. The fourth-order valence-corrected chi connectivity index (χ4v) is 3.97. The zero-order valence-corrected chi connectivity index (χ0v) is 12.0. The standard InChI is InChI=1S/C18H18BN/c1-9-5-11-3-4-12-6-10(2)8-14-16(12)15(11)13(7-9)17(19)18(14)20/h5-8,17-18H,3-4,20H2,1-2H3. The maximum atomic E-state index is 6.44. The van der Waals surface area contributed by atoms with Gasteiger partial charge < -0.3 is 5.73 Å². The third kappa shape index (κ3) is 1.49. The van der Waals surface area contributed by atoms with Crippen molar-refractivity contribution >= 4 is 7.85 Å². The van der Waals surface area contributed by atoms with E-state index in [-0.39, 0.29) is 11.9 Å². The predicted octanol–water partition coefficient (Wildman–Crippen LogP) is 3.29. The van der Waals surface area contributed by atoms with Crippen LogP contribution < -0.4 is 5.73 Å². The minimum atomic E-state index is -0.0936. The molecule has 2 heteroatoms. The molecule has 2 aromatic rings. The zero-order valence-electron chi connectivity index (χ0n) is 12.0. The Kier molecular flexibility index (Phi) is 2.44. The molecule has 0 amide bonds. The van der Waals surface area contributed by atoms with E-state index in [1.807, 2.05) is 0 Å². The highest BCUT2D eigenvalue weighted by molar-refractivity contribution is 6.14. The second kappa shape index (κ2) is 3.99. The molecule has 1 nitrogen and oxygen atoms in total. The van der Waals surface area contributed by atoms with Crippen LogP contribution in [0.1, 0.15) is 45.2 Å². The molecule has 2 aliphatic carbocycles. The highest BCUT2D eigenvalue weighted by Gasteiger charge is 2.33. The lowest BCUT2D eigenvalue weighted by molar-refractivity contribution is 0.679. The highest BCUT2D eigenvalue weighted by Crippen LogP contribution is 2.49. The smallest absolute Gasteiger partial charge is 0.0789 e. The molecule has 2 atom stereocenters. The molecular formula is C18H18BN. The van der Waals surface area contributed by atoms with Crippen LogP contribution in [0.15, 0.2) is 24.3 Å². The molecule has 0 heterocycles. The summed E-state index contributed by atoms with van der Waals surface area (Å²) in [6.45, 7) is 4.30. The van der Waals surface area contributed by atoms with Crippen molar-refractivity contribution in [2.24, 2.45) is 5.73 Å². The van der Waals surface area contributed by atoms with Crippen molar-refractivity contribution in [3.05, 3.63) is 57.6 Å². The van der Waals surface area contributed by atoms with Gasteiger partial charge in [0.05, 0.1) is 7.85 Å². The molecule has 2 aliphatic rings. The van der Waals surface area contributed by atoms with Crippen LogP contribution in [0.3, 0.4) is 0 Å². The van der Waals surface area contributed by atoms with Crippen LogP contribution in [0.2, 0.25) is 0 Å². The van der Waals surface area contributed by atoms with Crippen molar-refractivity contribution in [1.29, 1.82) is 0 Å². The van der Waals surface area contributed by atoms with Crippen LogP contribution in [0, 0.1) is 13.8 Å². The molecule has 4 rings (SSSR count). The predicted molar refractivity (Wildman–Crippen MR) is 84.2 cm³/mol. The Morgan fingerprint density at radius 1 is 0.900 bits per heavy atom. The van der Waals surface area contributed by atoms with Crippen molar-refractivity contribution in [3.8, 4) is 11.1 Å². The lowest BCUT2D eigenvalue weighted by Gasteiger charge is -2.37. The summed E-state index contributed by atoms with van der Waals surface area (Å²) < 4.78 is 0. The van der Waals surface area contributed by atoms with Crippen molar-refractivity contribution < 1.29 is 0 Å². The van der Waals surface area contributed by atoms with Crippen LogP contribution in [-0.2, 0) is 12.8 Å². The molecule has 0 aliphatic heterocycles. The Hall–Kier alpha value is -1.54. The second-order valence-corrected chi connectivity index (χ2v) is 6.33. The number of nitrogens with two attached hydrogens (primary N) is 1. The third-order valence-corrected chi connectivity index (χ3v) is 4.81. The summed E-state index contributed by atoms with van der Waals surface area (Å²) in [7, 11) is 6.44. The van der Waals surface area contributed by atoms with E-state index in [1.165, 1.54) is 44.5 Å². The monoisotopic (exact) mass is 259 g/mol. The van der Waals surface area contributed by atoms with E-state index in [0.717, 1.165) is 12.8 Å². The maximum absolute atomic E-state index is 6.44. The van der Waals surface area contributed by atoms with Gasteiger partial charge in [-0.05, 0) is 65.9 Å². The number of hydrogen-bond donors (Lipinski definition) is 1. The first-order chi connectivity index (χ1) is 9.56. The molecule has 2 radical (unpaired) electrons. The Balaban J connectivity index is 2.14. The third-order valence-electron chi connectivity index (χ3n) is 4.81. The molecule has 2 unspecified atom stereocenters. The van der Waals surface area contributed by atoms with Gasteiger partial charge in [0.1, 0.15) is 0 Å². The summed E-state index contributed by atoms with van der Waals surface area (Å²) in [4.78, 5) is 0. The Morgan fingerprint density at radius 2 is 1.40 bits per heavy atom. The summed E-state index contributed by atoms with van der Waals surface area (Å²) >= 11 is 0. The number of benzene rings is 2. The molecule has 0 spiro atoms. The Morgan fingerprint density at radius 3 is 2.00 bits per heavy atom. The van der Waals surface area contributed by atoms with E-state index in [9.17, 15) is 0 Å². The van der Waals surface area contributed by atoms with Gasteiger partial charge in [0, 0.05) is 6.04 Å². The van der Waals surface area contributed by atoms with Crippen molar-refractivity contribution in [1.82, 2.24) is 0 Å². The first-order valence-electron chi connectivity index (χ1n) is 7.34. The van der Waals surface area contributed by atoms with Gasteiger partial charge in [0.15, 0.2) is 0 Å². The van der Waals surface area contributed by atoms with Crippen LogP contribution in [0.4, 0.5) is 0 Å². The summed E-state index contributed by atoms with van der Waals surface area (Å²) in [5.41, 5.74) is 17.1. The average molecular weight is 259 g/mol. The first kappa shape index (κ1) is 12.2. The molecule has 20 heavy (non-hydrogen) atoms. The molecule has 98 valence electrons. The Bertz CT molecular complexity index is 669. The van der Waals surface area contributed by atoms with Gasteiger partial charge in [0.25, 0.3) is 0 Å². The van der Waals surface area contributed by atoms with Gasteiger partial charge in [-0.3, -0.25) is 0 Å². The minimum absolute atomic E-state index is 0.0936. The van der Waals surface area contributed by atoms with E-state index in [1.54, 1.807) is 0 Å². The van der Waals surface area contributed by atoms with Crippen LogP contribution in [0.25, 0.3) is 11.1 Å². The van der Waals surface area contributed by atoms with Crippen molar-refractivity contribution in [2.45, 2.75) is 38.5 Å². The van der Waals surface area contributed by atoms with Gasteiger partial charge in [-0.2, -0.15) is 0 Å². The van der Waals surface area contributed by atoms with Gasteiger partial charge in [-0.15, -0.1) is 0 Å². The Labute approximate surface area is 121 Å². The molecule has 0 aromatic heterocycles. The van der Waals surface area contributed by atoms with Crippen LogP contribution >= 0.6 is 0 Å². The normalized spacial score (nSPS) is 22.6. The van der Waals surface area contributed by atoms with Gasteiger partial charge in [0.2, 0.25) is 0 Å². The molecule has 0 saturated heterocycles.